The zero-order chi connectivity index (χ0) is 24.3. The minimum Gasteiger partial charge on any atom is -0.454 e. The van der Waals surface area contributed by atoms with Gasteiger partial charge in [0.15, 0.2) is 22.1 Å². The molecule has 1 aromatic carbocycles. The number of terminal acetylenes is 1. The van der Waals surface area contributed by atoms with E-state index in [9.17, 15) is 9.90 Å². The van der Waals surface area contributed by atoms with E-state index in [2.05, 4.69) is 26.2 Å². The number of nitrogens with one attached hydrogen (secondary N) is 1. The van der Waals surface area contributed by atoms with Gasteiger partial charge in [-0.15, -0.1) is 6.42 Å². The van der Waals surface area contributed by atoms with Crippen LogP contribution in [0.4, 0.5) is 5.82 Å². The van der Waals surface area contributed by atoms with Crippen LogP contribution in [0.5, 0.6) is 0 Å². The van der Waals surface area contributed by atoms with Gasteiger partial charge in [-0.1, -0.05) is 24.1 Å². The number of carbonyl (C=O) groups is 1. The third kappa shape index (κ3) is 4.93. The maximum Gasteiger partial charge on any atom is 0.269 e. The molecule has 3 aromatic rings. The summed E-state index contributed by atoms with van der Waals surface area (Å²) in [6.07, 6.45) is 8.40. The second-order valence-corrected chi connectivity index (χ2v) is 8.97. The quantitative estimate of drug-likeness (QED) is 0.327. The highest BCUT2D eigenvalue weighted by Crippen LogP contribution is 2.39. The molecule has 10 nitrogen and oxygen atoms in total. The van der Waals surface area contributed by atoms with Crippen molar-refractivity contribution in [1.29, 1.82) is 0 Å². The fourth-order valence-electron chi connectivity index (χ4n) is 3.26. The Morgan fingerprint density at radius 1 is 1.38 bits per heavy atom. The van der Waals surface area contributed by atoms with Crippen LogP contribution in [-0.2, 0) is 20.8 Å². The van der Waals surface area contributed by atoms with Crippen LogP contribution in [0, 0.1) is 12.3 Å². The lowest BCUT2D eigenvalue weighted by Crippen LogP contribution is -2.42. The smallest absolute Gasteiger partial charge is 0.269 e. The molecular formula is C23H24N6O4S. The van der Waals surface area contributed by atoms with E-state index in [1.54, 1.807) is 0 Å². The minimum atomic E-state index is -1.44. The van der Waals surface area contributed by atoms with E-state index in [4.69, 9.17) is 21.6 Å². The molecule has 0 spiro atoms. The first-order valence-electron chi connectivity index (χ1n) is 10.5. The number of rotatable bonds is 8. The summed E-state index contributed by atoms with van der Waals surface area (Å²) in [6.45, 7) is 3.72. The van der Waals surface area contributed by atoms with Crippen LogP contribution in [0.3, 0.4) is 0 Å². The monoisotopic (exact) mass is 480 g/mol. The Bertz CT molecular complexity index is 1290. The predicted octanol–water partition coefficient (Wildman–Crippen LogP) is 2.30. The highest BCUT2D eigenvalue weighted by molar-refractivity contribution is 8.02. The van der Waals surface area contributed by atoms with E-state index in [-0.39, 0.29) is 5.82 Å². The molecule has 1 aliphatic heterocycles. The summed E-state index contributed by atoms with van der Waals surface area (Å²) in [5.41, 5.74) is 7.05. The van der Waals surface area contributed by atoms with E-state index in [0.717, 1.165) is 5.56 Å². The van der Waals surface area contributed by atoms with Gasteiger partial charge in [0, 0.05) is 24.2 Å². The molecule has 0 bridgehead atoms. The zero-order valence-electron chi connectivity index (χ0n) is 18.7. The first-order chi connectivity index (χ1) is 16.3. The molecule has 0 saturated heterocycles. The highest BCUT2D eigenvalue weighted by Gasteiger charge is 2.27. The standard InChI is InChI=1S/C23H24N6O4S/c1-4-14-8-5-6-9-15(14)20-32-12-16(33-20)34-22-28-17-18(24)26-13-27-19(17)29(22)11-7-10-25-21(30)23(2,3)31/h1,5-6,8-9,12-13,20,31H,7,10-11H2,2-3H3,(H,25,30)(H2,24,26,27). The second kappa shape index (κ2) is 9.62. The lowest BCUT2D eigenvalue weighted by atomic mass is 10.1. The van der Waals surface area contributed by atoms with Crippen molar-refractivity contribution in [3.63, 3.8) is 0 Å². The molecule has 11 heteroatoms. The Kier molecular flexibility index (Phi) is 6.63. The number of aliphatic hydroxyl groups is 1. The molecule has 176 valence electrons. The number of nitrogen functional groups attached to an aromatic ring is 1. The van der Waals surface area contributed by atoms with Crippen LogP contribution in [0.15, 0.2) is 47.1 Å². The molecule has 1 unspecified atom stereocenters. The van der Waals surface area contributed by atoms with Crippen molar-refractivity contribution >= 4 is 34.7 Å². The molecule has 4 rings (SSSR count). The van der Waals surface area contributed by atoms with Crippen LogP contribution < -0.4 is 11.1 Å². The van der Waals surface area contributed by atoms with Crippen LogP contribution in [0.2, 0.25) is 0 Å². The zero-order valence-corrected chi connectivity index (χ0v) is 19.5. The number of amides is 1. The molecule has 1 atom stereocenters. The van der Waals surface area contributed by atoms with Crippen molar-refractivity contribution in [2.24, 2.45) is 0 Å². The lowest BCUT2D eigenvalue weighted by Gasteiger charge is -2.16. The number of anilines is 1. The van der Waals surface area contributed by atoms with Gasteiger partial charge in [-0.05, 0) is 38.1 Å². The maximum atomic E-state index is 11.9. The number of ether oxygens (including phenoxy) is 2. The molecule has 0 radical (unpaired) electrons. The summed E-state index contributed by atoms with van der Waals surface area (Å²) >= 11 is 1.26. The molecule has 1 amide bonds. The number of nitrogens with two attached hydrogens (primary N) is 1. The van der Waals surface area contributed by atoms with Gasteiger partial charge in [0.25, 0.3) is 12.2 Å². The Morgan fingerprint density at radius 2 is 2.18 bits per heavy atom. The molecular weight excluding hydrogens is 456 g/mol. The number of benzene rings is 1. The average molecular weight is 481 g/mol. The van der Waals surface area contributed by atoms with Crippen LogP contribution in [-0.4, -0.2) is 42.7 Å². The third-order valence-electron chi connectivity index (χ3n) is 5.00. The Balaban J connectivity index is 1.49. The summed E-state index contributed by atoms with van der Waals surface area (Å²) in [6, 6.07) is 7.40. The van der Waals surface area contributed by atoms with Crippen molar-refractivity contribution in [2.45, 2.75) is 43.9 Å². The number of thioether (sulfide) groups is 1. The summed E-state index contributed by atoms with van der Waals surface area (Å²) in [5.74, 6) is 2.46. The number of nitrogens with zero attached hydrogens (tertiary/aromatic N) is 4. The molecule has 3 heterocycles. The Hall–Kier alpha value is -3.75. The summed E-state index contributed by atoms with van der Waals surface area (Å²) in [7, 11) is 0. The molecule has 2 aromatic heterocycles. The van der Waals surface area contributed by atoms with E-state index in [1.165, 1.54) is 38.2 Å². The van der Waals surface area contributed by atoms with Gasteiger partial charge < -0.3 is 30.2 Å². The van der Waals surface area contributed by atoms with Crippen molar-refractivity contribution in [3.05, 3.63) is 53.1 Å². The Morgan fingerprint density at radius 3 is 2.94 bits per heavy atom. The average Bonchev–Trinajstić information content (AvgIpc) is 3.41. The number of carbonyl (C=O) groups excluding carboxylic acids is 1. The van der Waals surface area contributed by atoms with Crippen molar-refractivity contribution in [1.82, 2.24) is 24.8 Å². The lowest BCUT2D eigenvalue weighted by molar-refractivity contribution is -0.136. The number of hydrogen-bond acceptors (Lipinski definition) is 9. The van der Waals surface area contributed by atoms with Gasteiger partial charge in [-0.25, -0.2) is 15.0 Å². The molecule has 0 fully saturated rings. The van der Waals surface area contributed by atoms with Gasteiger partial charge in [-0.3, -0.25) is 4.79 Å². The number of imidazole rings is 1. The summed E-state index contributed by atoms with van der Waals surface area (Å²) in [4.78, 5) is 24.9. The minimum absolute atomic E-state index is 0.263. The number of aromatic nitrogens is 4. The first kappa shape index (κ1) is 23.4. The molecule has 0 saturated carbocycles. The third-order valence-corrected chi connectivity index (χ3v) is 5.89. The normalized spacial score (nSPS) is 15.4. The maximum absolute atomic E-state index is 11.9. The van der Waals surface area contributed by atoms with Gasteiger partial charge in [0.1, 0.15) is 18.2 Å². The van der Waals surface area contributed by atoms with Crippen molar-refractivity contribution in [2.75, 3.05) is 12.3 Å². The van der Waals surface area contributed by atoms with E-state index in [1.807, 2.05) is 28.8 Å². The molecule has 34 heavy (non-hydrogen) atoms. The van der Waals surface area contributed by atoms with E-state index >= 15 is 0 Å². The Labute approximate surface area is 200 Å². The van der Waals surface area contributed by atoms with E-state index < -0.39 is 17.8 Å². The molecule has 1 aliphatic rings. The topological polar surface area (TPSA) is 137 Å². The first-order valence-corrected chi connectivity index (χ1v) is 11.3. The summed E-state index contributed by atoms with van der Waals surface area (Å²) in [5, 5.41) is 13.6. The van der Waals surface area contributed by atoms with E-state index in [0.29, 0.717) is 46.5 Å². The molecule has 0 aliphatic carbocycles. The van der Waals surface area contributed by atoms with Gasteiger partial charge in [0.2, 0.25) is 5.09 Å². The molecule has 4 N–H and O–H groups in total. The fourth-order valence-corrected chi connectivity index (χ4v) is 4.10. The van der Waals surface area contributed by atoms with Crippen molar-refractivity contribution < 1.29 is 19.4 Å². The predicted molar refractivity (Wildman–Crippen MR) is 127 cm³/mol. The van der Waals surface area contributed by atoms with Gasteiger partial charge >= 0.3 is 0 Å². The largest absolute Gasteiger partial charge is 0.454 e. The van der Waals surface area contributed by atoms with Gasteiger partial charge in [-0.2, -0.15) is 0 Å². The highest BCUT2D eigenvalue weighted by atomic mass is 32.2. The van der Waals surface area contributed by atoms with Crippen LogP contribution in [0.25, 0.3) is 11.2 Å². The van der Waals surface area contributed by atoms with Crippen molar-refractivity contribution in [3.8, 4) is 12.3 Å². The number of aryl methyl sites for hydroxylation is 1. The number of hydrogen-bond donors (Lipinski definition) is 3. The van der Waals surface area contributed by atoms with Crippen LogP contribution in [0.1, 0.15) is 37.7 Å². The summed E-state index contributed by atoms with van der Waals surface area (Å²) < 4.78 is 13.5. The SMILES string of the molecule is C#Cc1ccccc1C1OC=C(Sc2nc3c(N)ncnc3n2CCCNC(=O)C(C)(C)O)O1. The number of fused-ring (bicyclic) bond motifs is 1. The van der Waals surface area contributed by atoms with Crippen LogP contribution >= 0.6 is 11.8 Å². The second-order valence-electron chi connectivity index (χ2n) is 8.00. The fraction of sp³-hybridized carbons (Fsp3) is 0.304. The van der Waals surface area contributed by atoms with Gasteiger partial charge in [0.05, 0.1) is 0 Å².